The molecular weight excluding hydrogens is 288 g/mol. The Balaban J connectivity index is 1.59. The van der Waals surface area contributed by atoms with Gasteiger partial charge in [0.15, 0.2) is 0 Å². The molecule has 0 radical (unpaired) electrons. The molecule has 23 heavy (non-hydrogen) atoms. The summed E-state index contributed by atoms with van der Waals surface area (Å²) < 4.78 is 0. The van der Waals surface area contributed by atoms with Gasteiger partial charge in [-0.3, -0.25) is 9.59 Å². The minimum absolute atomic E-state index is 0.105. The zero-order valence-corrected chi connectivity index (χ0v) is 14.0. The van der Waals surface area contributed by atoms with Crippen LogP contribution in [0.4, 0.5) is 0 Å². The summed E-state index contributed by atoms with van der Waals surface area (Å²) >= 11 is 0. The van der Waals surface area contributed by atoms with E-state index in [-0.39, 0.29) is 11.8 Å². The van der Waals surface area contributed by atoms with E-state index < -0.39 is 5.54 Å². The van der Waals surface area contributed by atoms with Crippen molar-refractivity contribution in [3.05, 3.63) is 35.9 Å². The van der Waals surface area contributed by atoms with E-state index in [0.29, 0.717) is 13.0 Å². The molecule has 2 saturated heterocycles. The van der Waals surface area contributed by atoms with Crippen LogP contribution >= 0.6 is 0 Å². The number of amides is 2. The van der Waals surface area contributed by atoms with Crippen LogP contribution in [0.15, 0.2) is 30.3 Å². The Morgan fingerprint density at radius 3 is 2.35 bits per heavy atom. The highest BCUT2D eigenvalue weighted by Crippen LogP contribution is 2.34. The number of nitrogens with zero attached hydrogens (tertiary/aromatic N) is 2. The zero-order valence-electron chi connectivity index (χ0n) is 14.0. The lowest BCUT2D eigenvalue weighted by Gasteiger charge is -2.51. The molecule has 0 N–H and O–H groups in total. The standard InChI is InChI=1S/C19H26N2O2/c1-19(18(23)20-13-6-3-7-14-20)12-15-21(19)17(22)11-10-16-8-4-2-5-9-16/h2,4-5,8-9H,3,6-7,10-15H2,1H3. The molecule has 0 spiro atoms. The molecule has 124 valence electrons. The molecule has 1 unspecified atom stereocenters. The van der Waals surface area contributed by atoms with Crippen molar-refractivity contribution in [2.24, 2.45) is 0 Å². The van der Waals surface area contributed by atoms with Gasteiger partial charge in [0.2, 0.25) is 11.8 Å². The van der Waals surface area contributed by atoms with E-state index in [1.54, 1.807) is 4.90 Å². The fourth-order valence-electron chi connectivity index (χ4n) is 3.65. The number of piperidine rings is 1. The summed E-state index contributed by atoms with van der Waals surface area (Å²) in [5.41, 5.74) is 0.566. The fourth-order valence-corrected chi connectivity index (χ4v) is 3.65. The molecular formula is C19H26N2O2. The first-order valence-corrected chi connectivity index (χ1v) is 8.75. The Morgan fingerprint density at radius 1 is 1.04 bits per heavy atom. The second-order valence-electron chi connectivity index (χ2n) is 6.91. The smallest absolute Gasteiger partial charge is 0.248 e. The second-order valence-corrected chi connectivity index (χ2v) is 6.91. The molecule has 3 rings (SSSR count). The van der Waals surface area contributed by atoms with E-state index in [1.807, 2.05) is 42.2 Å². The Hall–Kier alpha value is -1.84. The van der Waals surface area contributed by atoms with Gasteiger partial charge in [-0.05, 0) is 44.6 Å². The summed E-state index contributed by atoms with van der Waals surface area (Å²) in [6.07, 6.45) is 5.39. The average molecular weight is 314 g/mol. The van der Waals surface area contributed by atoms with Crippen LogP contribution in [-0.4, -0.2) is 46.8 Å². The van der Waals surface area contributed by atoms with E-state index in [9.17, 15) is 9.59 Å². The fraction of sp³-hybridized carbons (Fsp3) is 0.579. The number of carbonyl (C=O) groups excluding carboxylic acids is 2. The van der Waals surface area contributed by atoms with Crippen molar-refractivity contribution in [3.63, 3.8) is 0 Å². The summed E-state index contributed by atoms with van der Waals surface area (Å²) in [6, 6.07) is 10.1. The number of carbonyl (C=O) groups is 2. The topological polar surface area (TPSA) is 40.6 Å². The van der Waals surface area contributed by atoms with Crippen LogP contribution in [-0.2, 0) is 16.0 Å². The number of hydrogen-bond acceptors (Lipinski definition) is 2. The molecule has 2 heterocycles. The van der Waals surface area contributed by atoms with Crippen molar-refractivity contribution < 1.29 is 9.59 Å². The highest BCUT2D eigenvalue weighted by Gasteiger charge is 2.50. The SMILES string of the molecule is CC1(C(=O)N2CCCCC2)CCN1C(=O)CCc1ccccc1. The third kappa shape index (κ3) is 3.26. The normalized spacial score (nSPS) is 24.2. The molecule has 0 aromatic heterocycles. The molecule has 2 aliphatic rings. The van der Waals surface area contributed by atoms with Crippen molar-refractivity contribution in [3.8, 4) is 0 Å². The predicted octanol–water partition coefficient (Wildman–Crippen LogP) is 2.62. The lowest BCUT2D eigenvalue weighted by molar-refractivity contribution is -0.164. The zero-order chi connectivity index (χ0) is 16.3. The summed E-state index contributed by atoms with van der Waals surface area (Å²) in [4.78, 5) is 29.1. The van der Waals surface area contributed by atoms with Crippen LogP contribution in [0.1, 0.15) is 44.6 Å². The molecule has 2 amide bonds. The maximum atomic E-state index is 12.8. The van der Waals surface area contributed by atoms with Crippen molar-refractivity contribution in [1.82, 2.24) is 9.80 Å². The molecule has 2 fully saturated rings. The maximum absolute atomic E-state index is 12.8. The molecule has 2 aliphatic heterocycles. The minimum atomic E-state index is -0.606. The average Bonchev–Trinajstić information content (AvgIpc) is 2.59. The Morgan fingerprint density at radius 2 is 1.74 bits per heavy atom. The maximum Gasteiger partial charge on any atom is 0.248 e. The van der Waals surface area contributed by atoms with Gasteiger partial charge in [-0.1, -0.05) is 30.3 Å². The van der Waals surface area contributed by atoms with Gasteiger partial charge in [0.05, 0.1) is 0 Å². The molecule has 0 aliphatic carbocycles. The molecule has 4 heteroatoms. The van der Waals surface area contributed by atoms with E-state index in [1.165, 1.54) is 12.0 Å². The Kier molecular flexibility index (Phi) is 4.69. The van der Waals surface area contributed by atoms with E-state index >= 15 is 0 Å². The molecule has 0 bridgehead atoms. The van der Waals surface area contributed by atoms with Gasteiger partial charge in [-0.15, -0.1) is 0 Å². The van der Waals surface area contributed by atoms with Crippen LogP contribution in [0.3, 0.4) is 0 Å². The largest absolute Gasteiger partial charge is 0.341 e. The quantitative estimate of drug-likeness (QED) is 0.857. The number of benzene rings is 1. The van der Waals surface area contributed by atoms with Crippen LogP contribution in [0.5, 0.6) is 0 Å². The number of rotatable bonds is 4. The Bertz CT molecular complexity index is 566. The van der Waals surface area contributed by atoms with Gasteiger partial charge < -0.3 is 9.80 Å². The number of aryl methyl sites for hydroxylation is 1. The van der Waals surface area contributed by atoms with Gasteiger partial charge in [0, 0.05) is 26.1 Å². The first-order valence-electron chi connectivity index (χ1n) is 8.75. The molecule has 1 aromatic rings. The van der Waals surface area contributed by atoms with Gasteiger partial charge in [0.25, 0.3) is 0 Å². The van der Waals surface area contributed by atoms with Crippen LogP contribution in [0.2, 0.25) is 0 Å². The molecule has 0 saturated carbocycles. The Labute approximate surface area is 138 Å². The first-order chi connectivity index (χ1) is 11.1. The summed E-state index contributed by atoms with van der Waals surface area (Å²) in [5, 5.41) is 0. The van der Waals surface area contributed by atoms with Crippen molar-refractivity contribution in [2.45, 2.75) is 51.0 Å². The monoisotopic (exact) mass is 314 g/mol. The first kappa shape index (κ1) is 16.0. The van der Waals surface area contributed by atoms with Crippen LogP contribution in [0.25, 0.3) is 0 Å². The van der Waals surface area contributed by atoms with Crippen molar-refractivity contribution >= 4 is 11.8 Å². The van der Waals surface area contributed by atoms with Crippen LogP contribution < -0.4 is 0 Å². The summed E-state index contributed by atoms with van der Waals surface area (Å²) in [7, 11) is 0. The summed E-state index contributed by atoms with van der Waals surface area (Å²) in [6.45, 7) is 4.35. The van der Waals surface area contributed by atoms with E-state index in [4.69, 9.17) is 0 Å². The van der Waals surface area contributed by atoms with Gasteiger partial charge in [0.1, 0.15) is 5.54 Å². The number of hydrogen-bond donors (Lipinski definition) is 0. The van der Waals surface area contributed by atoms with Crippen molar-refractivity contribution in [2.75, 3.05) is 19.6 Å². The lowest BCUT2D eigenvalue weighted by Crippen LogP contribution is -2.68. The van der Waals surface area contributed by atoms with Crippen LogP contribution in [0, 0.1) is 0 Å². The third-order valence-electron chi connectivity index (χ3n) is 5.29. The van der Waals surface area contributed by atoms with Gasteiger partial charge in [-0.2, -0.15) is 0 Å². The van der Waals surface area contributed by atoms with E-state index in [0.717, 1.165) is 38.8 Å². The second kappa shape index (κ2) is 6.73. The third-order valence-corrected chi connectivity index (χ3v) is 5.29. The molecule has 1 aromatic carbocycles. The highest BCUT2D eigenvalue weighted by molar-refractivity contribution is 5.93. The highest BCUT2D eigenvalue weighted by atomic mass is 16.2. The number of likely N-dealkylation sites (tertiary alicyclic amines) is 2. The van der Waals surface area contributed by atoms with E-state index in [2.05, 4.69) is 0 Å². The lowest BCUT2D eigenvalue weighted by atomic mass is 9.84. The van der Waals surface area contributed by atoms with Gasteiger partial charge in [-0.25, -0.2) is 0 Å². The van der Waals surface area contributed by atoms with Crippen molar-refractivity contribution in [1.29, 1.82) is 0 Å². The minimum Gasteiger partial charge on any atom is -0.341 e. The van der Waals surface area contributed by atoms with Gasteiger partial charge >= 0.3 is 0 Å². The summed E-state index contributed by atoms with van der Waals surface area (Å²) in [5.74, 6) is 0.254. The predicted molar refractivity (Wildman–Crippen MR) is 89.9 cm³/mol. The molecule has 4 nitrogen and oxygen atoms in total. The molecule has 1 atom stereocenters.